The molecule has 0 radical (unpaired) electrons. The molecule has 0 aliphatic carbocycles. The maximum atomic E-state index is 12.8. The van der Waals surface area contributed by atoms with E-state index in [9.17, 15) is 19.2 Å². The van der Waals surface area contributed by atoms with Crippen LogP contribution in [0.2, 0.25) is 0 Å². The highest BCUT2D eigenvalue weighted by atomic mass is 16.5. The van der Waals surface area contributed by atoms with Crippen LogP contribution in [0.4, 0.5) is 0 Å². The van der Waals surface area contributed by atoms with Crippen molar-refractivity contribution in [1.82, 2.24) is 9.47 Å². The maximum absolute atomic E-state index is 12.8. The van der Waals surface area contributed by atoms with E-state index in [1.54, 1.807) is 77.4 Å². The SMILES string of the molecule is O=C(Cn1c2ccccc2c(=O)c2ccccc21)OCN1C(=O)c2ccccc2C1=O. The van der Waals surface area contributed by atoms with Gasteiger partial charge in [0.2, 0.25) is 0 Å². The van der Waals surface area contributed by atoms with Crippen molar-refractivity contribution in [2.24, 2.45) is 0 Å². The average Bonchev–Trinajstić information content (AvgIpc) is 3.05. The number of carbonyl (C=O) groups is 3. The Morgan fingerprint density at radius 3 is 1.74 bits per heavy atom. The first kappa shape index (κ1) is 18.7. The number of nitrogens with zero attached hydrogens (tertiary/aromatic N) is 2. The molecule has 0 bridgehead atoms. The first-order valence-corrected chi connectivity index (χ1v) is 9.67. The van der Waals surface area contributed by atoms with Crippen LogP contribution >= 0.6 is 0 Å². The number of benzene rings is 3. The number of amides is 2. The van der Waals surface area contributed by atoms with E-state index in [1.165, 1.54) is 0 Å². The first-order valence-electron chi connectivity index (χ1n) is 9.67. The number of hydrogen-bond donors (Lipinski definition) is 0. The molecule has 2 heterocycles. The second-order valence-electron chi connectivity index (χ2n) is 7.18. The van der Waals surface area contributed by atoms with Gasteiger partial charge in [-0.05, 0) is 36.4 Å². The Morgan fingerprint density at radius 2 is 1.19 bits per heavy atom. The molecule has 7 nitrogen and oxygen atoms in total. The Kier molecular flexibility index (Phi) is 4.36. The van der Waals surface area contributed by atoms with Crippen molar-refractivity contribution >= 4 is 39.6 Å². The van der Waals surface area contributed by atoms with E-state index in [4.69, 9.17) is 4.74 Å². The van der Waals surface area contributed by atoms with Gasteiger partial charge in [-0.3, -0.25) is 19.2 Å². The van der Waals surface area contributed by atoms with Gasteiger partial charge in [0.15, 0.2) is 12.2 Å². The topological polar surface area (TPSA) is 85.7 Å². The summed E-state index contributed by atoms with van der Waals surface area (Å²) in [5, 5.41) is 0.990. The fourth-order valence-corrected chi connectivity index (χ4v) is 3.91. The van der Waals surface area contributed by atoms with E-state index in [1.807, 2.05) is 0 Å². The summed E-state index contributed by atoms with van der Waals surface area (Å²) in [7, 11) is 0. The number of carbonyl (C=O) groups excluding carboxylic acids is 3. The largest absolute Gasteiger partial charge is 0.442 e. The van der Waals surface area contributed by atoms with Gasteiger partial charge in [0.1, 0.15) is 6.54 Å². The van der Waals surface area contributed by atoms with E-state index >= 15 is 0 Å². The molecule has 31 heavy (non-hydrogen) atoms. The number of para-hydroxylation sites is 2. The number of esters is 1. The van der Waals surface area contributed by atoms with Crippen molar-refractivity contribution in [3.63, 3.8) is 0 Å². The quantitative estimate of drug-likeness (QED) is 0.292. The van der Waals surface area contributed by atoms with Crippen molar-refractivity contribution < 1.29 is 19.1 Å². The number of ether oxygens (including phenoxy) is 1. The summed E-state index contributed by atoms with van der Waals surface area (Å²) in [5.74, 6) is -1.61. The molecule has 0 N–H and O–H groups in total. The van der Waals surface area contributed by atoms with Crippen LogP contribution in [0.1, 0.15) is 20.7 Å². The molecule has 3 aromatic carbocycles. The van der Waals surface area contributed by atoms with Gasteiger partial charge in [0.05, 0.1) is 22.2 Å². The third-order valence-electron chi connectivity index (χ3n) is 5.40. The molecule has 7 heteroatoms. The molecule has 1 aliphatic heterocycles. The van der Waals surface area contributed by atoms with Gasteiger partial charge in [-0.15, -0.1) is 0 Å². The molecule has 1 aliphatic rings. The molecule has 0 saturated carbocycles. The summed E-state index contributed by atoms with van der Waals surface area (Å²) in [6, 6.07) is 20.5. The molecular weight excluding hydrogens is 396 g/mol. The molecule has 152 valence electrons. The molecular formula is C24H16N2O5. The van der Waals surface area contributed by atoms with Crippen LogP contribution in [0.5, 0.6) is 0 Å². The molecule has 0 spiro atoms. The Bertz CT molecular complexity index is 1360. The lowest BCUT2D eigenvalue weighted by Gasteiger charge is -2.17. The third kappa shape index (κ3) is 2.98. The fourth-order valence-electron chi connectivity index (χ4n) is 3.91. The van der Waals surface area contributed by atoms with Crippen LogP contribution in [0.3, 0.4) is 0 Å². The summed E-state index contributed by atoms with van der Waals surface area (Å²) in [6.07, 6.45) is 0. The van der Waals surface area contributed by atoms with E-state index in [0.29, 0.717) is 32.9 Å². The summed E-state index contributed by atoms with van der Waals surface area (Å²) < 4.78 is 6.98. The summed E-state index contributed by atoms with van der Waals surface area (Å²) in [4.78, 5) is 51.2. The minimum absolute atomic E-state index is 0.109. The van der Waals surface area contributed by atoms with E-state index in [0.717, 1.165) is 4.90 Å². The fraction of sp³-hybridized carbons (Fsp3) is 0.0833. The Balaban J connectivity index is 1.43. The minimum atomic E-state index is -0.629. The molecule has 1 aromatic heterocycles. The highest BCUT2D eigenvalue weighted by Gasteiger charge is 2.35. The molecule has 0 unspecified atom stereocenters. The molecule has 4 aromatic rings. The van der Waals surface area contributed by atoms with Crippen LogP contribution in [0, 0.1) is 0 Å². The van der Waals surface area contributed by atoms with Crippen LogP contribution in [-0.2, 0) is 16.1 Å². The average molecular weight is 412 g/mol. The first-order chi connectivity index (χ1) is 15.1. The van der Waals surface area contributed by atoms with Gasteiger partial charge >= 0.3 is 5.97 Å². The van der Waals surface area contributed by atoms with Crippen molar-refractivity contribution in [1.29, 1.82) is 0 Å². The lowest BCUT2D eigenvalue weighted by molar-refractivity contribution is -0.146. The number of pyridine rings is 1. The Morgan fingerprint density at radius 1 is 0.710 bits per heavy atom. The minimum Gasteiger partial charge on any atom is -0.442 e. The molecule has 0 atom stereocenters. The zero-order valence-electron chi connectivity index (χ0n) is 16.3. The summed E-state index contributed by atoms with van der Waals surface area (Å²) in [5.41, 5.74) is 1.68. The van der Waals surface area contributed by atoms with Gasteiger partial charge in [-0.1, -0.05) is 36.4 Å². The molecule has 2 amide bonds. The van der Waals surface area contributed by atoms with Crippen molar-refractivity contribution in [3.05, 3.63) is 94.1 Å². The monoisotopic (exact) mass is 412 g/mol. The van der Waals surface area contributed by atoms with E-state index in [-0.39, 0.29) is 12.0 Å². The van der Waals surface area contributed by atoms with Crippen LogP contribution in [0.25, 0.3) is 21.8 Å². The van der Waals surface area contributed by atoms with Crippen molar-refractivity contribution in [2.75, 3.05) is 6.73 Å². The van der Waals surface area contributed by atoms with Crippen LogP contribution in [0.15, 0.2) is 77.6 Å². The smallest absolute Gasteiger partial charge is 0.327 e. The number of hydrogen-bond acceptors (Lipinski definition) is 5. The highest BCUT2D eigenvalue weighted by molar-refractivity contribution is 6.21. The highest BCUT2D eigenvalue weighted by Crippen LogP contribution is 2.23. The summed E-state index contributed by atoms with van der Waals surface area (Å²) >= 11 is 0. The number of imide groups is 1. The summed E-state index contributed by atoms with van der Waals surface area (Å²) in [6.45, 7) is -0.647. The molecule has 0 saturated heterocycles. The number of rotatable bonds is 4. The van der Waals surface area contributed by atoms with Gasteiger partial charge in [-0.2, -0.15) is 0 Å². The van der Waals surface area contributed by atoms with Gasteiger partial charge in [0, 0.05) is 10.8 Å². The van der Waals surface area contributed by atoms with E-state index < -0.39 is 24.5 Å². The lowest BCUT2D eigenvalue weighted by atomic mass is 10.1. The second kappa shape index (κ2) is 7.21. The third-order valence-corrected chi connectivity index (χ3v) is 5.40. The standard InChI is InChI=1S/C24H16N2O5/c27-21(31-14-26-23(29)15-7-1-2-8-16(15)24(26)30)13-25-19-11-5-3-9-17(19)22(28)18-10-4-6-12-20(18)25/h1-12H,13-14H2. The Hall–Kier alpha value is -4.26. The van der Waals surface area contributed by atoms with Gasteiger partial charge in [-0.25, -0.2) is 4.90 Å². The lowest BCUT2D eigenvalue weighted by Crippen LogP contribution is -2.34. The predicted molar refractivity (Wildman–Crippen MR) is 114 cm³/mol. The number of aromatic nitrogens is 1. The molecule has 5 rings (SSSR count). The van der Waals surface area contributed by atoms with E-state index in [2.05, 4.69) is 0 Å². The van der Waals surface area contributed by atoms with Crippen molar-refractivity contribution in [3.8, 4) is 0 Å². The molecule has 0 fully saturated rings. The zero-order chi connectivity index (χ0) is 21.5. The van der Waals surface area contributed by atoms with Gasteiger partial charge < -0.3 is 9.30 Å². The normalized spacial score (nSPS) is 13.1. The van der Waals surface area contributed by atoms with Gasteiger partial charge in [0.25, 0.3) is 11.8 Å². The number of fused-ring (bicyclic) bond motifs is 3. The maximum Gasteiger partial charge on any atom is 0.327 e. The predicted octanol–water partition coefficient (Wildman–Crippen LogP) is 2.95. The van der Waals surface area contributed by atoms with Crippen LogP contribution < -0.4 is 5.43 Å². The zero-order valence-corrected chi connectivity index (χ0v) is 16.3. The van der Waals surface area contributed by atoms with Crippen LogP contribution in [-0.4, -0.2) is 34.0 Å². The Labute approximate surface area is 176 Å². The second-order valence-corrected chi connectivity index (χ2v) is 7.18. The van der Waals surface area contributed by atoms with Crippen molar-refractivity contribution in [2.45, 2.75) is 6.54 Å².